The Kier molecular flexibility index (Phi) is 3.97. The highest BCUT2D eigenvalue weighted by atomic mass is 16.1. The molecular formula is C14H18N4O. The van der Waals surface area contributed by atoms with Crippen LogP contribution in [0.2, 0.25) is 0 Å². The van der Waals surface area contributed by atoms with Crippen molar-refractivity contribution in [2.24, 2.45) is 12.8 Å². The average molecular weight is 258 g/mol. The van der Waals surface area contributed by atoms with Gasteiger partial charge in [0.15, 0.2) is 0 Å². The number of nitrogens with two attached hydrogens (primary N) is 1. The summed E-state index contributed by atoms with van der Waals surface area (Å²) in [5.74, 6) is -0.393. The predicted molar refractivity (Wildman–Crippen MR) is 73.4 cm³/mol. The molecule has 2 rings (SSSR count). The van der Waals surface area contributed by atoms with Crippen molar-refractivity contribution >= 4 is 5.91 Å². The van der Waals surface area contributed by atoms with Crippen molar-refractivity contribution < 1.29 is 4.79 Å². The van der Waals surface area contributed by atoms with Gasteiger partial charge in [-0.05, 0) is 36.2 Å². The normalized spacial score (nSPS) is 10.6. The Morgan fingerprint density at radius 3 is 2.74 bits per heavy atom. The summed E-state index contributed by atoms with van der Waals surface area (Å²) in [6, 6.07) is 7.49. The van der Waals surface area contributed by atoms with Crippen molar-refractivity contribution in [3.8, 4) is 0 Å². The topological polar surface area (TPSA) is 72.9 Å². The average Bonchev–Trinajstić information content (AvgIpc) is 2.77. The number of aromatic nitrogens is 2. The number of benzene rings is 1. The maximum atomic E-state index is 11.1. The molecule has 0 unspecified atom stereocenters. The van der Waals surface area contributed by atoms with E-state index in [4.69, 9.17) is 5.73 Å². The summed E-state index contributed by atoms with van der Waals surface area (Å²) in [5, 5.41) is 7.62. The van der Waals surface area contributed by atoms with Gasteiger partial charge in [0, 0.05) is 31.9 Å². The zero-order chi connectivity index (χ0) is 13.8. The molecule has 0 radical (unpaired) electrons. The first kappa shape index (κ1) is 13.3. The maximum Gasteiger partial charge on any atom is 0.248 e. The number of rotatable bonds is 5. The lowest BCUT2D eigenvalue weighted by Gasteiger charge is -2.08. The van der Waals surface area contributed by atoms with Crippen molar-refractivity contribution in [3.63, 3.8) is 0 Å². The van der Waals surface area contributed by atoms with E-state index in [-0.39, 0.29) is 0 Å². The van der Waals surface area contributed by atoms with Crippen molar-refractivity contribution in [1.29, 1.82) is 0 Å². The van der Waals surface area contributed by atoms with Gasteiger partial charge in [-0.25, -0.2) is 0 Å². The zero-order valence-electron chi connectivity index (χ0n) is 11.2. The first-order valence-corrected chi connectivity index (χ1v) is 6.15. The number of nitrogens with zero attached hydrogens (tertiary/aromatic N) is 2. The van der Waals surface area contributed by atoms with E-state index in [1.54, 1.807) is 10.7 Å². The summed E-state index contributed by atoms with van der Waals surface area (Å²) in [7, 11) is 1.90. The molecule has 2 aromatic rings. The lowest BCUT2D eigenvalue weighted by atomic mass is 10.0. The van der Waals surface area contributed by atoms with Crippen molar-refractivity contribution in [1.82, 2.24) is 15.1 Å². The highest BCUT2D eigenvalue weighted by Gasteiger charge is 2.04. The van der Waals surface area contributed by atoms with Crippen LogP contribution < -0.4 is 11.1 Å². The second kappa shape index (κ2) is 5.67. The molecular weight excluding hydrogens is 240 g/mol. The number of aryl methyl sites for hydroxylation is 2. The minimum Gasteiger partial charge on any atom is -0.366 e. The van der Waals surface area contributed by atoms with Crippen LogP contribution in [-0.2, 0) is 20.1 Å². The molecule has 1 amide bonds. The van der Waals surface area contributed by atoms with Crippen LogP contribution in [0.15, 0.2) is 30.5 Å². The molecule has 0 aliphatic carbocycles. The van der Waals surface area contributed by atoms with Crippen LogP contribution in [0.25, 0.3) is 0 Å². The number of hydrogen-bond donors (Lipinski definition) is 2. The Morgan fingerprint density at radius 1 is 1.37 bits per heavy atom. The van der Waals surface area contributed by atoms with Gasteiger partial charge in [0.1, 0.15) is 0 Å². The van der Waals surface area contributed by atoms with Crippen LogP contribution in [0.4, 0.5) is 0 Å². The van der Waals surface area contributed by atoms with Gasteiger partial charge in [0.05, 0.1) is 5.69 Å². The largest absolute Gasteiger partial charge is 0.366 e. The lowest BCUT2D eigenvalue weighted by molar-refractivity contribution is 0.1000. The van der Waals surface area contributed by atoms with Crippen molar-refractivity contribution in [3.05, 3.63) is 52.8 Å². The highest BCUT2D eigenvalue weighted by molar-refractivity contribution is 5.93. The van der Waals surface area contributed by atoms with E-state index in [1.807, 2.05) is 38.4 Å². The third-order valence-corrected chi connectivity index (χ3v) is 3.02. The number of hydrogen-bond acceptors (Lipinski definition) is 3. The van der Waals surface area contributed by atoms with Gasteiger partial charge in [-0.15, -0.1) is 0 Å². The van der Waals surface area contributed by atoms with E-state index in [1.165, 1.54) is 0 Å². The fourth-order valence-corrected chi connectivity index (χ4v) is 1.93. The first-order valence-electron chi connectivity index (χ1n) is 6.15. The van der Waals surface area contributed by atoms with Crippen LogP contribution >= 0.6 is 0 Å². The Labute approximate surface area is 112 Å². The van der Waals surface area contributed by atoms with E-state index in [2.05, 4.69) is 10.4 Å². The summed E-state index contributed by atoms with van der Waals surface area (Å²) in [6.07, 6.45) is 1.92. The van der Waals surface area contributed by atoms with Crippen LogP contribution in [0.3, 0.4) is 0 Å². The van der Waals surface area contributed by atoms with E-state index >= 15 is 0 Å². The van der Waals surface area contributed by atoms with Gasteiger partial charge in [-0.1, -0.05) is 6.07 Å². The molecule has 0 atom stereocenters. The monoisotopic (exact) mass is 258 g/mol. The van der Waals surface area contributed by atoms with Crippen molar-refractivity contribution in [2.75, 3.05) is 0 Å². The Hall–Kier alpha value is -2.14. The third-order valence-electron chi connectivity index (χ3n) is 3.02. The number of carbonyl (C=O) groups is 1. The van der Waals surface area contributed by atoms with E-state index in [0.717, 1.165) is 29.9 Å². The summed E-state index contributed by atoms with van der Waals surface area (Å²) in [4.78, 5) is 11.1. The molecule has 1 aromatic carbocycles. The molecule has 100 valence electrons. The highest BCUT2D eigenvalue weighted by Crippen LogP contribution is 2.11. The Bertz CT molecular complexity index is 589. The number of amides is 1. The minimum absolute atomic E-state index is 0.393. The lowest BCUT2D eigenvalue weighted by Crippen LogP contribution is -2.15. The Balaban J connectivity index is 1.94. The summed E-state index contributed by atoms with van der Waals surface area (Å²) in [5.41, 5.74) is 9.02. The summed E-state index contributed by atoms with van der Waals surface area (Å²) < 4.78 is 1.78. The van der Waals surface area contributed by atoms with Crippen molar-refractivity contribution in [2.45, 2.75) is 20.0 Å². The van der Waals surface area contributed by atoms with Crippen LogP contribution in [0.5, 0.6) is 0 Å². The molecule has 1 heterocycles. The van der Waals surface area contributed by atoms with E-state index in [0.29, 0.717) is 5.56 Å². The molecule has 3 N–H and O–H groups in total. The van der Waals surface area contributed by atoms with Gasteiger partial charge in [-0.2, -0.15) is 5.10 Å². The fourth-order valence-electron chi connectivity index (χ4n) is 1.93. The second-order valence-electron chi connectivity index (χ2n) is 4.59. The van der Waals surface area contributed by atoms with Gasteiger partial charge < -0.3 is 11.1 Å². The van der Waals surface area contributed by atoms with E-state index < -0.39 is 5.91 Å². The molecule has 1 aromatic heterocycles. The number of carbonyl (C=O) groups excluding carboxylic acids is 1. The van der Waals surface area contributed by atoms with Gasteiger partial charge in [-0.3, -0.25) is 9.48 Å². The molecule has 5 nitrogen and oxygen atoms in total. The maximum absolute atomic E-state index is 11.1. The summed E-state index contributed by atoms with van der Waals surface area (Å²) in [6.45, 7) is 3.43. The molecule has 0 bridgehead atoms. The zero-order valence-corrected chi connectivity index (χ0v) is 11.2. The van der Waals surface area contributed by atoms with Gasteiger partial charge >= 0.3 is 0 Å². The fraction of sp³-hybridized carbons (Fsp3) is 0.286. The quantitative estimate of drug-likeness (QED) is 0.844. The van der Waals surface area contributed by atoms with Crippen LogP contribution in [0, 0.1) is 6.92 Å². The van der Waals surface area contributed by atoms with E-state index in [9.17, 15) is 4.79 Å². The van der Waals surface area contributed by atoms with Gasteiger partial charge in [0.25, 0.3) is 0 Å². The predicted octanol–water partition coefficient (Wildman–Crippen LogP) is 1.12. The second-order valence-corrected chi connectivity index (χ2v) is 4.59. The Morgan fingerprint density at radius 2 is 2.16 bits per heavy atom. The summed E-state index contributed by atoms with van der Waals surface area (Å²) >= 11 is 0. The number of primary amides is 1. The number of nitrogens with one attached hydrogen (secondary N) is 1. The third kappa shape index (κ3) is 3.42. The molecule has 19 heavy (non-hydrogen) atoms. The first-order chi connectivity index (χ1) is 9.06. The molecule has 0 spiro atoms. The minimum atomic E-state index is -0.393. The molecule has 5 heteroatoms. The molecule has 0 saturated carbocycles. The molecule has 0 saturated heterocycles. The standard InChI is InChI=1S/C14H18N4O/c1-10-7-11(14(15)19)3-4-12(10)8-16-9-13-5-6-18(2)17-13/h3-7,16H,8-9H2,1-2H3,(H2,15,19). The van der Waals surface area contributed by atoms with Gasteiger partial charge in [0.2, 0.25) is 5.91 Å². The van der Waals surface area contributed by atoms with Crippen LogP contribution in [-0.4, -0.2) is 15.7 Å². The smallest absolute Gasteiger partial charge is 0.248 e. The SMILES string of the molecule is Cc1cc(C(N)=O)ccc1CNCc1ccn(C)n1. The molecule has 0 fully saturated rings. The molecule has 0 aliphatic rings. The molecule has 0 aliphatic heterocycles. The van der Waals surface area contributed by atoms with Crippen LogP contribution in [0.1, 0.15) is 27.2 Å².